The molecule has 0 spiro atoms. The summed E-state index contributed by atoms with van der Waals surface area (Å²) in [4.78, 5) is 40.1. The van der Waals surface area contributed by atoms with Gasteiger partial charge in [0.15, 0.2) is 45.6 Å². The van der Waals surface area contributed by atoms with Gasteiger partial charge in [-0.15, -0.1) is 10.2 Å². The summed E-state index contributed by atoms with van der Waals surface area (Å²) in [5.74, 6) is 2.00. The van der Waals surface area contributed by atoms with E-state index in [-0.39, 0.29) is 31.2 Å². The Labute approximate surface area is 340 Å². The minimum Gasteiger partial charge on any atom is -0.508 e. The number of amides is 1. The highest BCUT2D eigenvalue weighted by Gasteiger charge is 2.25. The Morgan fingerprint density at radius 3 is 2.05 bits per heavy atom. The maximum atomic E-state index is 13.6. The predicted octanol–water partition coefficient (Wildman–Crippen LogP) is 1.81. The number of hydrogen-bond acceptors (Lipinski definition) is 16. The van der Waals surface area contributed by atoms with Gasteiger partial charge in [-0.1, -0.05) is 34.7 Å². The Morgan fingerprint density at radius 1 is 0.729 bits per heavy atom. The van der Waals surface area contributed by atoms with Crippen molar-refractivity contribution in [2.24, 2.45) is 0 Å². The first-order valence-corrected chi connectivity index (χ1v) is 20.4. The van der Waals surface area contributed by atoms with E-state index in [9.17, 15) is 15.0 Å². The number of phenols is 1. The molecule has 3 fully saturated rings. The van der Waals surface area contributed by atoms with Crippen molar-refractivity contribution >= 4 is 39.9 Å². The van der Waals surface area contributed by atoms with E-state index in [4.69, 9.17) is 29.4 Å². The summed E-state index contributed by atoms with van der Waals surface area (Å²) in [6, 6.07) is 12.4. The predicted molar refractivity (Wildman–Crippen MR) is 218 cm³/mol. The molecule has 0 radical (unpaired) electrons. The van der Waals surface area contributed by atoms with Crippen molar-refractivity contribution in [2.45, 2.75) is 45.4 Å². The molecule has 3 saturated heterocycles. The molecule has 0 saturated carbocycles. The Hall–Kier alpha value is -5.89. The third kappa shape index (κ3) is 8.49. The molecule has 3 aliphatic heterocycles. The molecular formula is C40H48N14O5. The number of likely N-dealkylation sites (tertiary alicyclic amines) is 1. The maximum Gasteiger partial charge on any atom is 0.224 e. The minimum absolute atomic E-state index is 0.0179. The molecule has 59 heavy (non-hydrogen) atoms. The maximum absolute atomic E-state index is 13.6. The van der Waals surface area contributed by atoms with Crippen LogP contribution in [0.2, 0.25) is 0 Å². The summed E-state index contributed by atoms with van der Waals surface area (Å²) in [5, 5.41) is 41.4. The standard InChI is InChI=1S/C40H48N14O5/c55-26-27-5-3-6-29(23-27)35-42-37(51-15-19-58-20-16-51)33-39(43-35)54(49-47-33)14-9-41-32(57)24-28-7-8-30(56)25-31(28)36-44-38(52-17-21-59-22-18-52)34-40(45-36)53(48-46-34)13-4-12-50-10-1-2-11-50/h3,5-8,23,25,55-56H,1-2,4,9-22,24,26H2,(H,41,57). The fourth-order valence-electron chi connectivity index (χ4n) is 7.95. The van der Waals surface area contributed by atoms with Gasteiger partial charge in [-0.25, -0.2) is 29.3 Å². The summed E-state index contributed by atoms with van der Waals surface area (Å²) < 4.78 is 14.7. The Balaban J connectivity index is 0.950. The molecule has 19 heteroatoms. The van der Waals surface area contributed by atoms with Crippen LogP contribution in [0.4, 0.5) is 11.6 Å². The lowest BCUT2D eigenvalue weighted by atomic mass is 10.0. The monoisotopic (exact) mass is 804 g/mol. The van der Waals surface area contributed by atoms with Gasteiger partial charge in [0.05, 0.1) is 46.0 Å². The molecule has 3 aliphatic rings. The highest BCUT2D eigenvalue weighted by molar-refractivity contribution is 5.87. The van der Waals surface area contributed by atoms with Gasteiger partial charge < -0.3 is 39.7 Å². The normalized spacial score (nSPS) is 16.4. The number of aryl methyl sites for hydroxylation is 1. The number of fused-ring (bicyclic) bond motifs is 2. The molecule has 0 bridgehead atoms. The zero-order chi connectivity index (χ0) is 40.1. The van der Waals surface area contributed by atoms with Crippen LogP contribution >= 0.6 is 0 Å². The van der Waals surface area contributed by atoms with Crippen LogP contribution < -0.4 is 15.1 Å². The number of benzene rings is 2. The van der Waals surface area contributed by atoms with Crippen LogP contribution in [0.15, 0.2) is 42.5 Å². The second-order valence-electron chi connectivity index (χ2n) is 15.0. The van der Waals surface area contributed by atoms with Crippen LogP contribution in [-0.4, -0.2) is 150 Å². The van der Waals surface area contributed by atoms with E-state index >= 15 is 0 Å². The second kappa shape index (κ2) is 17.5. The Morgan fingerprint density at radius 2 is 1.37 bits per heavy atom. The number of aromatic hydroxyl groups is 1. The SMILES string of the molecule is O=C(Cc1ccc(O)cc1-c1nc(N2CCOCC2)c2nnn(CCCN3CCCC3)c2n1)NCCn1nnc2c(N3CCOCC3)nc(-c3cccc(CO)c3)nc21. The topological polar surface area (TPSA) is 211 Å². The van der Waals surface area contributed by atoms with Gasteiger partial charge in [0.25, 0.3) is 0 Å². The van der Waals surface area contributed by atoms with Gasteiger partial charge in [0.2, 0.25) is 5.91 Å². The summed E-state index contributed by atoms with van der Waals surface area (Å²) in [6.45, 7) is 9.20. The molecule has 6 aromatic rings. The highest BCUT2D eigenvalue weighted by atomic mass is 16.5. The highest BCUT2D eigenvalue weighted by Crippen LogP contribution is 2.32. The van der Waals surface area contributed by atoms with Crippen molar-refractivity contribution in [1.82, 2.24) is 60.1 Å². The number of aliphatic hydroxyl groups excluding tert-OH is 1. The van der Waals surface area contributed by atoms with Crippen molar-refractivity contribution in [2.75, 3.05) is 88.6 Å². The molecule has 9 rings (SSSR count). The number of ether oxygens (including phenoxy) is 2. The molecule has 308 valence electrons. The first-order valence-electron chi connectivity index (χ1n) is 20.4. The van der Waals surface area contributed by atoms with E-state index < -0.39 is 0 Å². The number of morpholine rings is 2. The lowest BCUT2D eigenvalue weighted by Gasteiger charge is -2.28. The van der Waals surface area contributed by atoms with Crippen molar-refractivity contribution < 1.29 is 24.5 Å². The second-order valence-corrected chi connectivity index (χ2v) is 15.0. The third-order valence-corrected chi connectivity index (χ3v) is 11.1. The van der Waals surface area contributed by atoms with Crippen LogP contribution in [0.1, 0.15) is 30.4 Å². The van der Waals surface area contributed by atoms with E-state index in [2.05, 4.69) is 40.6 Å². The number of rotatable bonds is 14. The molecular weight excluding hydrogens is 757 g/mol. The molecule has 3 N–H and O–H groups in total. The first-order chi connectivity index (χ1) is 29.0. The average Bonchev–Trinajstić information content (AvgIpc) is 4.05. The average molecular weight is 805 g/mol. The lowest BCUT2D eigenvalue weighted by molar-refractivity contribution is -0.120. The molecule has 0 aliphatic carbocycles. The van der Waals surface area contributed by atoms with Gasteiger partial charge in [0, 0.05) is 50.4 Å². The first kappa shape index (κ1) is 38.6. The summed E-state index contributed by atoms with van der Waals surface area (Å²) in [6.07, 6.45) is 3.41. The van der Waals surface area contributed by atoms with Crippen LogP contribution in [0.5, 0.6) is 5.75 Å². The molecule has 0 unspecified atom stereocenters. The number of anilines is 2. The number of aromatic nitrogens is 10. The smallest absolute Gasteiger partial charge is 0.224 e. The molecule has 7 heterocycles. The summed E-state index contributed by atoms with van der Waals surface area (Å²) in [5.41, 5.74) is 5.05. The van der Waals surface area contributed by atoms with Gasteiger partial charge >= 0.3 is 0 Å². The number of nitrogens with one attached hydrogen (secondary N) is 1. The molecule has 4 aromatic heterocycles. The number of aliphatic hydroxyl groups is 1. The van der Waals surface area contributed by atoms with Crippen LogP contribution in [0.25, 0.3) is 45.1 Å². The zero-order valence-electron chi connectivity index (χ0n) is 32.9. The summed E-state index contributed by atoms with van der Waals surface area (Å²) in [7, 11) is 0. The van der Waals surface area contributed by atoms with E-state index in [0.717, 1.165) is 37.2 Å². The zero-order valence-corrected chi connectivity index (χ0v) is 32.9. The lowest BCUT2D eigenvalue weighted by Crippen LogP contribution is -2.37. The van der Waals surface area contributed by atoms with Crippen molar-refractivity contribution in [3.8, 4) is 28.5 Å². The number of phenolic OH excluding ortho intramolecular Hbond substituents is 1. The van der Waals surface area contributed by atoms with E-state index in [1.807, 2.05) is 28.9 Å². The Kier molecular flexibility index (Phi) is 11.5. The Bertz CT molecular complexity index is 2420. The van der Waals surface area contributed by atoms with Gasteiger partial charge in [-0.2, -0.15) is 0 Å². The number of nitrogens with zero attached hydrogens (tertiary/aromatic N) is 13. The number of carbonyl (C=O) groups excluding carboxylic acids is 1. The molecule has 0 atom stereocenters. The van der Waals surface area contributed by atoms with Crippen LogP contribution in [-0.2, 0) is 40.4 Å². The fraction of sp³-hybridized carbons (Fsp3) is 0.475. The van der Waals surface area contributed by atoms with E-state index in [1.54, 1.807) is 22.9 Å². The molecule has 1 amide bonds. The largest absolute Gasteiger partial charge is 0.508 e. The minimum atomic E-state index is -0.227. The van der Waals surface area contributed by atoms with Crippen molar-refractivity contribution in [1.29, 1.82) is 0 Å². The molecule has 19 nitrogen and oxygen atoms in total. The summed E-state index contributed by atoms with van der Waals surface area (Å²) >= 11 is 0. The van der Waals surface area contributed by atoms with Crippen molar-refractivity contribution in [3.05, 3.63) is 53.6 Å². The number of hydrogen-bond donors (Lipinski definition) is 3. The van der Waals surface area contributed by atoms with Crippen molar-refractivity contribution in [3.63, 3.8) is 0 Å². The third-order valence-electron chi connectivity index (χ3n) is 11.1. The van der Waals surface area contributed by atoms with Gasteiger partial charge in [-0.05, 0) is 68.2 Å². The van der Waals surface area contributed by atoms with Crippen LogP contribution in [0, 0.1) is 0 Å². The quantitative estimate of drug-likeness (QED) is 0.143. The van der Waals surface area contributed by atoms with Crippen LogP contribution in [0.3, 0.4) is 0 Å². The van der Waals surface area contributed by atoms with Gasteiger partial charge in [-0.3, -0.25) is 4.79 Å². The van der Waals surface area contributed by atoms with E-state index in [0.29, 0.717) is 122 Å². The number of carbonyl (C=O) groups is 1. The van der Waals surface area contributed by atoms with E-state index in [1.165, 1.54) is 12.8 Å². The van der Waals surface area contributed by atoms with Gasteiger partial charge in [0.1, 0.15) is 5.75 Å². The molecule has 2 aromatic carbocycles. The fourth-order valence-corrected chi connectivity index (χ4v) is 7.95.